The van der Waals surface area contributed by atoms with Crippen molar-refractivity contribution in [3.63, 3.8) is 0 Å². The summed E-state index contributed by atoms with van der Waals surface area (Å²) in [5.41, 5.74) is -0.210. The van der Waals surface area contributed by atoms with Crippen LogP contribution in [-0.4, -0.2) is 50.3 Å². The van der Waals surface area contributed by atoms with Crippen molar-refractivity contribution in [2.24, 2.45) is 0 Å². The van der Waals surface area contributed by atoms with Crippen molar-refractivity contribution in [1.82, 2.24) is 4.90 Å². The Kier molecular flexibility index (Phi) is 6.47. The van der Waals surface area contributed by atoms with E-state index in [1.165, 1.54) is 0 Å². The molecule has 0 aromatic heterocycles. The van der Waals surface area contributed by atoms with Crippen LogP contribution in [0.3, 0.4) is 0 Å². The molecule has 0 atom stereocenters. The molecule has 4 nitrogen and oxygen atoms in total. The van der Waals surface area contributed by atoms with Crippen LogP contribution in [0.5, 0.6) is 0 Å². The molecule has 0 aliphatic carbocycles. The van der Waals surface area contributed by atoms with Crippen LogP contribution < -0.4 is 0 Å². The van der Waals surface area contributed by atoms with Gasteiger partial charge in [0, 0.05) is 0 Å². The van der Waals surface area contributed by atoms with Crippen LogP contribution in [0.15, 0.2) is 0 Å². The van der Waals surface area contributed by atoms with Crippen LogP contribution in [0, 0.1) is 0 Å². The number of hydrogen-bond acceptors (Lipinski definition) is 3. The van der Waals surface area contributed by atoms with E-state index in [1.54, 1.807) is 11.9 Å². The third-order valence-electron chi connectivity index (χ3n) is 2.24. The Bertz CT molecular complexity index is 258. The van der Waals surface area contributed by atoms with E-state index in [9.17, 15) is 9.59 Å². The number of hydrogen-bond donors (Lipinski definition) is 0. The fourth-order valence-electron chi connectivity index (χ4n) is 0.799. The fraction of sp³-hybridized carbons (Fsp3) is 0.818. The summed E-state index contributed by atoms with van der Waals surface area (Å²) < 4.78 is 5.31. The van der Waals surface area contributed by atoms with Crippen molar-refractivity contribution in [3.05, 3.63) is 0 Å². The van der Waals surface area contributed by atoms with Gasteiger partial charge in [0.2, 0.25) is 0 Å². The van der Waals surface area contributed by atoms with E-state index in [2.05, 4.69) is 0 Å². The van der Waals surface area contributed by atoms with Crippen LogP contribution in [0.2, 0.25) is 0 Å². The maximum absolute atomic E-state index is 11.6. The first kappa shape index (κ1) is 15.8. The Morgan fingerprint density at radius 3 is 2.06 bits per heavy atom. The molecule has 1 amide bonds. The molecule has 16 heavy (non-hydrogen) atoms. The molecule has 5 heteroatoms. The van der Waals surface area contributed by atoms with Gasteiger partial charge in [-0.3, -0.25) is 0 Å². The Morgan fingerprint density at radius 2 is 1.69 bits per heavy atom. The van der Waals surface area contributed by atoms with Gasteiger partial charge in [0.05, 0.1) is 0 Å². The van der Waals surface area contributed by atoms with Gasteiger partial charge in [-0.1, -0.05) is 0 Å². The fourth-order valence-corrected chi connectivity index (χ4v) is 1.64. The molecule has 0 aromatic carbocycles. The quantitative estimate of drug-likeness (QED) is 0.432. The predicted octanol–water partition coefficient (Wildman–Crippen LogP) is 1.55. The molecule has 96 valence electrons. The van der Waals surface area contributed by atoms with E-state index in [-0.39, 0.29) is 28.4 Å². The number of halogens is 1. The Hall–Kier alpha value is -0.170. The summed E-state index contributed by atoms with van der Waals surface area (Å²) in [7, 11) is 1.74. The first-order valence-corrected chi connectivity index (χ1v) is 10.4. The van der Waals surface area contributed by atoms with Crippen molar-refractivity contribution in [2.45, 2.75) is 26.3 Å². The molecule has 0 aliphatic heterocycles. The van der Waals surface area contributed by atoms with E-state index in [1.807, 2.05) is 30.6 Å². The van der Waals surface area contributed by atoms with Gasteiger partial charge in [-0.25, -0.2) is 0 Å². The van der Waals surface area contributed by atoms with E-state index in [0.29, 0.717) is 0 Å². The van der Waals surface area contributed by atoms with Crippen molar-refractivity contribution < 1.29 is 14.3 Å². The SMILES string of the molecule is CN(C(=O)COCC(=O)I(C)C)C(C)(C)C. The summed E-state index contributed by atoms with van der Waals surface area (Å²) in [6, 6.07) is 0. The second-order valence-corrected chi connectivity index (χ2v) is 10.2. The van der Waals surface area contributed by atoms with Crippen LogP contribution in [0.1, 0.15) is 20.8 Å². The molecule has 0 aliphatic rings. The van der Waals surface area contributed by atoms with Gasteiger partial charge in [-0.2, -0.15) is 0 Å². The number of amides is 1. The van der Waals surface area contributed by atoms with E-state index in [0.717, 1.165) is 0 Å². The number of likely N-dealkylation sites (N-methyl/N-ethyl adjacent to an activating group) is 1. The third-order valence-corrected chi connectivity index (χ3v) is 4.96. The standard InChI is InChI=1S/C11H22INO3/c1-11(2,3)13(6)10(15)8-16-7-9(14)12(4)5/h7-8H2,1-6H3. The molecule has 0 saturated carbocycles. The zero-order valence-corrected chi connectivity index (χ0v) is 13.1. The summed E-state index contributed by atoms with van der Waals surface area (Å²) >= 11 is -1.43. The number of alkyl halides is 2. The maximum atomic E-state index is 11.6. The molecule has 0 heterocycles. The molecule has 0 fully saturated rings. The zero-order chi connectivity index (χ0) is 12.9. The summed E-state index contributed by atoms with van der Waals surface area (Å²) in [5.74, 6) is -0.0899. The molecule has 0 unspecified atom stereocenters. The van der Waals surface area contributed by atoms with Crippen molar-refractivity contribution in [2.75, 3.05) is 30.1 Å². The van der Waals surface area contributed by atoms with Gasteiger partial charge < -0.3 is 0 Å². The van der Waals surface area contributed by atoms with Gasteiger partial charge in [-0.05, 0) is 0 Å². The van der Waals surface area contributed by atoms with Crippen LogP contribution >= 0.6 is 19.8 Å². The summed E-state index contributed by atoms with van der Waals surface area (Å²) in [6.45, 7) is 5.94. The number of carbonyl (C=O) groups excluding carboxylic acids is 2. The molecular formula is C11H22INO3. The molecule has 0 spiro atoms. The summed E-state index contributed by atoms with van der Waals surface area (Å²) in [4.78, 5) is 28.5. The number of nitrogens with zero attached hydrogens (tertiary/aromatic N) is 1. The Balaban J connectivity index is 3.96. The van der Waals surface area contributed by atoms with Crippen molar-refractivity contribution in [3.8, 4) is 0 Å². The van der Waals surface area contributed by atoms with Gasteiger partial charge in [0.1, 0.15) is 0 Å². The van der Waals surface area contributed by atoms with Gasteiger partial charge in [-0.15, -0.1) is 0 Å². The molecule has 0 N–H and O–H groups in total. The molecule has 0 bridgehead atoms. The first-order valence-electron chi connectivity index (χ1n) is 5.03. The van der Waals surface area contributed by atoms with Crippen LogP contribution in [0.4, 0.5) is 0 Å². The molecule has 0 radical (unpaired) electrons. The molecule has 0 aromatic rings. The van der Waals surface area contributed by atoms with E-state index in [4.69, 9.17) is 4.74 Å². The second kappa shape index (κ2) is 6.54. The monoisotopic (exact) mass is 343 g/mol. The minimum atomic E-state index is -1.43. The van der Waals surface area contributed by atoms with E-state index >= 15 is 0 Å². The van der Waals surface area contributed by atoms with Crippen molar-refractivity contribution in [1.29, 1.82) is 0 Å². The molecule has 0 saturated heterocycles. The van der Waals surface area contributed by atoms with Crippen molar-refractivity contribution >= 4 is 29.5 Å². The average molecular weight is 343 g/mol. The van der Waals surface area contributed by atoms with E-state index < -0.39 is 19.8 Å². The Labute approximate surface area is 105 Å². The number of carbonyl (C=O) groups is 2. The van der Waals surface area contributed by atoms with Gasteiger partial charge in [0.15, 0.2) is 0 Å². The normalized spacial score (nSPS) is 12.2. The minimum absolute atomic E-state index is 0.0104. The van der Waals surface area contributed by atoms with Gasteiger partial charge >= 0.3 is 105 Å². The molecule has 0 rings (SSSR count). The third kappa shape index (κ3) is 5.79. The topological polar surface area (TPSA) is 46.6 Å². The molecular weight excluding hydrogens is 321 g/mol. The summed E-state index contributed by atoms with van der Waals surface area (Å²) in [5, 5.41) is 0. The summed E-state index contributed by atoms with van der Waals surface area (Å²) in [6.07, 6.45) is 0. The predicted molar refractivity (Wildman–Crippen MR) is 74.2 cm³/mol. The number of rotatable bonds is 5. The Morgan fingerprint density at radius 1 is 1.19 bits per heavy atom. The second-order valence-electron chi connectivity index (χ2n) is 4.73. The first-order chi connectivity index (χ1) is 7.16. The average Bonchev–Trinajstić information content (AvgIpc) is 2.14. The van der Waals surface area contributed by atoms with Crippen LogP contribution in [0.25, 0.3) is 0 Å². The van der Waals surface area contributed by atoms with Gasteiger partial charge in [0.25, 0.3) is 0 Å². The number of ether oxygens (including phenoxy) is 1. The zero-order valence-electron chi connectivity index (χ0n) is 11.0. The van der Waals surface area contributed by atoms with Crippen LogP contribution in [-0.2, 0) is 14.3 Å².